The zero-order chi connectivity index (χ0) is 14.7. The van der Waals surface area contributed by atoms with E-state index in [0.29, 0.717) is 6.54 Å². The number of imidazole rings is 1. The van der Waals surface area contributed by atoms with Crippen LogP contribution in [0.25, 0.3) is 21.5 Å². The Bertz CT molecular complexity index is 812. The van der Waals surface area contributed by atoms with Gasteiger partial charge in [0.05, 0.1) is 18.3 Å². The van der Waals surface area contributed by atoms with Crippen molar-refractivity contribution in [1.82, 2.24) is 14.5 Å². The molecule has 0 N–H and O–H groups in total. The van der Waals surface area contributed by atoms with Gasteiger partial charge < -0.3 is 4.57 Å². The Morgan fingerprint density at radius 3 is 2.71 bits per heavy atom. The lowest BCUT2D eigenvalue weighted by Crippen LogP contribution is -2.02. The molecule has 0 radical (unpaired) electrons. The molecule has 0 bridgehead atoms. The van der Waals surface area contributed by atoms with E-state index in [-0.39, 0.29) is 0 Å². The van der Waals surface area contributed by atoms with E-state index in [2.05, 4.69) is 36.7 Å². The second-order valence-electron chi connectivity index (χ2n) is 4.82. The molecule has 0 aliphatic rings. The van der Waals surface area contributed by atoms with Crippen molar-refractivity contribution in [1.29, 1.82) is 0 Å². The molecule has 0 spiro atoms. The highest BCUT2D eigenvalue weighted by molar-refractivity contribution is 5.74. The van der Waals surface area contributed by atoms with Crippen molar-refractivity contribution in [3.05, 3.63) is 70.1 Å². The van der Waals surface area contributed by atoms with Gasteiger partial charge in [-0.1, -0.05) is 29.4 Å². The molecule has 0 aliphatic heterocycles. The number of aryl methyl sites for hydroxylation is 1. The fourth-order valence-corrected chi connectivity index (χ4v) is 2.35. The summed E-state index contributed by atoms with van der Waals surface area (Å²) in [7, 11) is 0. The van der Waals surface area contributed by atoms with Gasteiger partial charge in [-0.2, -0.15) is 0 Å². The van der Waals surface area contributed by atoms with E-state index in [0.717, 1.165) is 29.0 Å². The Hall–Kier alpha value is -2.85. The molecule has 0 fully saturated rings. The van der Waals surface area contributed by atoms with Gasteiger partial charge in [0.1, 0.15) is 11.3 Å². The number of azide groups is 1. The Morgan fingerprint density at radius 1 is 1.19 bits per heavy atom. The lowest BCUT2D eigenvalue weighted by Gasteiger charge is -2.07. The molecule has 0 saturated heterocycles. The van der Waals surface area contributed by atoms with Crippen LogP contribution in [0.4, 0.5) is 0 Å². The van der Waals surface area contributed by atoms with E-state index in [1.54, 1.807) is 12.4 Å². The summed E-state index contributed by atoms with van der Waals surface area (Å²) in [5.74, 6) is 0.969. The third-order valence-electron chi connectivity index (χ3n) is 3.42. The summed E-state index contributed by atoms with van der Waals surface area (Å²) in [5.41, 5.74) is 12.5. The molecule has 0 atom stereocenters. The lowest BCUT2D eigenvalue weighted by atomic mass is 10.1. The fraction of sp³-hybridized carbons (Fsp3) is 0.200. The summed E-state index contributed by atoms with van der Waals surface area (Å²) in [6.07, 6.45) is 3.56. The second-order valence-corrected chi connectivity index (χ2v) is 4.82. The number of rotatable bonds is 4. The van der Waals surface area contributed by atoms with Crippen molar-refractivity contribution >= 4 is 11.0 Å². The number of hydrogen-bond donors (Lipinski definition) is 0. The first-order chi connectivity index (χ1) is 10.3. The van der Waals surface area contributed by atoms with Crippen LogP contribution in [-0.4, -0.2) is 14.5 Å². The first-order valence-electron chi connectivity index (χ1n) is 6.63. The zero-order valence-electron chi connectivity index (χ0n) is 11.6. The van der Waals surface area contributed by atoms with Gasteiger partial charge in [0.15, 0.2) is 0 Å². The lowest BCUT2D eigenvalue weighted by molar-refractivity contribution is 0.785. The third kappa shape index (κ3) is 2.70. The van der Waals surface area contributed by atoms with Gasteiger partial charge in [-0.25, -0.2) is 4.98 Å². The third-order valence-corrected chi connectivity index (χ3v) is 3.42. The summed E-state index contributed by atoms with van der Waals surface area (Å²) in [6.45, 7) is 3.14. The van der Waals surface area contributed by atoms with Gasteiger partial charge in [-0.05, 0) is 29.6 Å². The van der Waals surface area contributed by atoms with Crippen LogP contribution in [0, 0.1) is 6.92 Å². The van der Waals surface area contributed by atoms with Gasteiger partial charge in [0.2, 0.25) is 0 Å². The first-order valence-corrected chi connectivity index (χ1v) is 6.63. The summed E-state index contributed by atoms with van der Waals surface area (Å²) >= 11 is 0. The summed E-state index contributed by atoms with van der Waals surface area (Å²) in [4.78, 5) is 11.4. The highest BCUT2D eigenvalue weighted by Crippen LogP contribution is 2.17. The van der Waals surface area contributed by atoms with Crippen molar-refractivity contribution < 1.29 is 0 Å². The first kappa shape index (κ1) is 13.1. The molecule has 21 heavy (non-hydrogen) atoms. The number of hydrogen-bond acceptors (Lipinski definition) is 3. The predicted molar refractivity (Wildman–Crippen MR) is 80.7 cm³/mol. The van der Waals surface area contributed by atoms with Crippen LogP contribution in [0.5, 0.6) is 0 Å². The Kier molecular flexibility index (Phi) is 3.53. The molecule has 3 rings (SSSR count). The molecule has 0 unspecified atom stereocenters. The van der Waals surface area contributed by atoms with Crippen LogP contribution in [-0.2, 0) is 13.1 Å². The molecular weight excluding hydrogens is 264 g/mol. The van der Waals surface area contributed by atoms with E-state index >= 15 is 0 Å². The number of nitrogens with zero attached hydrogens (tertiary/aromatic N) is 6. The minimum atomic E-state index is 0.384. The predicted octanol–water partition coefficient (Wildman–Crippen LogP) is 3.60. The van der Waals surface area contributed by atoms with E-state index < -0.39 is 0 Å². The van der Waals surface area contributed by atoms with Gasteiger partial charge in [0.25, 0.3) is 0 Å². The number of aromatic nitrogens is 3. The Morgan fingerprint density at radius 2 is 1.95 bits per heavy atom. The van der Waals surface area contributed by atoms with Crippen molar-refractivity contribution in [2.24, 2.45) is 5.11 Å². The highest BCUT2D eigenvalue weighted by Gasteiger charge is 2.07. The van der Waals surface area contributed by atoms with E-state index in [1.807, 2.05) is 25.1 Å². The molecular formula is C15H14N6. The molecule has 6 nitrogen and oxygen atoms in total. The molecule has 1 aromatic carbocycles. The summed E-state index contributed by atoms with van der Waals surface area (Å²) in [5, 5.41) is 3.56. The summed E-state index contributed by atoms with van der Waals surface area (Å²) < 4.78 is 2.17. The molecule has 0 amide bonds. The maximum atomic E-state index is 8.33. The van der Waals surface area contributed by atoms with Crippen LogP contribution in [0.1, 0.15) is 17.0 Å². The Balaban J connectivity index is 1.88. The molecule has 0 aliphatic carbocycles. The Labute approximate surface area is 121 Å². The number of pyridine rings is 1. The molecule has 6 heteroatoms. The van der Waals surface area contributed by atoms with Crippen molar-refractivity contribution in [2.45, 2.75) is 20.0 Å². The standard InChI is InChI=1S/C15H14N6/c1-11-19-14-9-17-7-6-15(14)21(11)10-13-4-2-12(3-5-13)8-18-20-16/h2-7,9H,8,10H2,1H3. The zero-order valence-corrected chi connectivity index (χ0v) is 11.6. The molecule has 3 aromatic rings. The fourth-order valence-electron chi connectivity index (χ4n) is 2.35. The van der Waals surface area contributed by atoms with Gasteiger partial charge in [-0.15, -0.1) is 0 Å². The number of fused-ring (bicyclic) bond motifs is 1. The van der Waals surface area contributed by atoms with E-state index in [4.69, 9.17) is 5.53 Å². The van der Waals surface area contributed by atoms with Crippen molar-refractivity contribution in [2.75, 3.05) is 0 Å². The van der Waals surface area contributed by atoms with E-state index in [1.165, 1.54) is 5.56 Å². The van der Waals surface area contributed by atoms with Crippen LogP contribution >= 0.6 is 0 Å². The van der Waals surface area contributed by atoms with Crippen LogP contribution in [0.3, 0.4) is 0 Å². The largest absolute Gasteiger partial charge is 0.324 e. The second kappa shape index (κ2) is 5.64. The maximum absolute atomic E-state index is 8.33. The quantitative estimate of drug-likeness (QED) is 0.415. The molecule has 2 aromatic heterocycles. The molecule has 0 saturated carbocycles. The van der Waals surface area contributed by atoms with Gasteiger partial charge >= 0.3 is 0 Å². The normalized spacial score (nSPS) is 10.5. The monoisotopic (exact) mass is 278 g/mol. The maximum Gasteiger partial charge on any atom is 0.107 e. The smallest absolute Gasteiger partial charge is 0.107 e. The SMILES string of the molecule is Cc1nc2cnccc2n1Cc1ccc(CN=[N+]=[N-])cc1. The topological polar surface area (TPSA) is 79.5 Å². The van der Waals surface area contributed by atoms with Crippen molar-refractivity contribution in [3.8, 4) is 0 Å². The average Bonchev–Trinajstić information content (AvgIpc) is 2.83. The highest BCUT2D eigenvalue weighted by atomic mass is 15.1. The summed E-state index contributed by atoms with van der Waals surface area (Å²) in [6, 6.07) is 10.1. The van der Waals surface area contributed by atoms with Gasteiger partial charge in [0, 0.05) is 17.7 Å². The van der Waals surface area contributed by atoms with E-state index in [9.17, 15) is 0 Å². The molecule has 2 heterocycles. The average molecular weight is 278 g/mol. The molecule has 104 valence electrons. The van der Waals surface area contributed by atoms with Crippen LogP contribution in [0.15, 0.2) is 47.8 Å². The van der Waals surface area contributed by atoms with Crippen LogP contribution < -0.4 is 0 Å². The minimum Gasteiger partial charge on any atom is -0.324 e. The van der Waals surface area contributed by atoms with Crippen molar-refractivity contribution in [3.63, 3.8) is 0 Å². The number of benzene rings is 1. The minimum absolute atomic E-state index is 0.384. The van der Waals surface area contributed by atoms with Crippen LogP contribution in [0.2, 0.25) is 0 Å². The van der Waals surface area contributed by atoms with Gasteiger partial charge in [-0.3, -0.25) is 4.98 Å².